The molecule has 0 atom stereocenters. The third-order valence-corrected chi connectivity index (χ3v) is 2.56. The molecule has 0 saturated carbocycles. The van der Waals surface area contributed by atoms with E-state index in [0.29, 0.717) is 0 Å². The second-order valence-electron chi connectivity index (χ2n) is 3.62. The Morgan fingerprint density at radius 2 is 1.38 bits per heavy atom. The van der Waals surface area contributed by atoms with Gasteiger partial charge in [0.1, 0.15) is 0 Å². The Morgan fingerprint density at radius 1 is 1.00 bits per heavy atom. The number of allylic oxidation sites excluding steroid dienone is 4. The van der Waals surface area contributed by atoms with Crippen molar-refractivity contribution in [2.24, 2.45) is 5.41 Å². The van der Waals surface area contributed by atoms with Crippen molar-refractivity contribution in [2.45, 2.75) is 34.6 Å². The molecule has 0 nitrogen and oxygen atoms in total. The van der Waals surface area contributed by atoms with E-state index in [2.05, 4.69) is 40.7 Å². The Morgan fingerprint density at radius 3 is 1.46 bits per heavy atom. The van der Waals surface area contributed by atoms with Crippen LogP contribution in [-0.2, 0) is 25.8 Å². The smallest absolute Gasteiger partial charge is 0 e. The van der Waals surface area contributed by atoms with Crippen molar-refractivity contribution in [1.82, 2.24) is 0 Å². The third kappa shape index (κ3) is 3.89. The monoisotopic (exact) mass is 387 g/mol. The first-order valence-electron chi connectivity index (χ1n) is 3.75. The number of halogens is 2. The van der Waals surface area contributed by atoms with Gasteiger partial charge in [0, 0.05) is 25.8 Å². The summed E-state index contributed by atoms with van der Waals surface area (Å²) in [7, 11) is 0. The quantitative estimate of drug-likeness (QED) is 0.437. The topological polar surface area (TPSA) is 0 Å². The van der Waals surface area contributed by atoms with Crippen LogP contribution in [-0.4, -0.2) is 0 Å². The average Bonchev–Trinajstić information content (AvgIpc) is 1.95. The number of hydrogen-bond donors (Lipinski definition) is 0. The summed E-state index contributed by atoms with van der Waals surface area (Å²) in [6, 6.07) is 0. The predicted molar refractivity (Wildman–Crippen MR) is 59.1 cm³/mol. The predicted octanol–water partition coefficient (Wildman–Crippen LogP) is 3.95. The molecule has 3 heteroatoms. The van der Waals surface area contributed by atoms with Crippen LogP contribution in [0.15, 0.2) is 16.7 Å². The van der Waals surface area contributed by atoms with E-state index in [1.54, 1.807) is 0 Å². The molecule has 13 heavy (non-hydrogen) atoms. The zero-order valence-corrected chi connectivity index (χ0v) is 14.0. The first-order valence-corrected chi connectivity index (χ1v) is 3.75. The molecule has 1 aliphatic carbocycles. The van der Waals surface area contributed by atoms with Crippen molar-refractivity contribution in [3.8, 4) is 0 Å². The fourth-order valence-electron chi connectivity index (χ4n) is 1.41. The van der Waals surface area contributed by atoms with E-state index < -0.39 is 0 Å². The zero-order chi connectivity index (χ0) is 7.94. The number of hydrogen-bond acceptors (Lipinski definition) is 0. The van der Waals surface area contributed by atoms with Crippen LogP contribution in [0.5, 0.6) is 0 Å². The van der Waals surface area contributed by atoms with E-state index in [0.717, 1.165) is 0 Å². The van der Waals surface area contributed by atoms with Gasteiger partial charge in [0.2, 0.25) is 0 Å². The minimum atomic E-state index is 0. The average molecular weight is 387 g/mol. The molecule has 0 heterocycles. The second-order valence-corrected chi connectivity index (χ2v) is 3.62. The molecule has 0 saturated heterocycles. The van der Waals surface area contributed by atoms with Crippen LogP contribution >= 0.6 is 24.8 Å². The standard InChI is InChI=1S/C10H15.2ClH.Hf/c1-7-6-10(4,5)9(3)8(7)2;;;/h1-5H3;2*1H;/q-1;;;. The van der Waals surface area contributed by atoms with Crippen molar-refractivity contribution >= 4 is 24.8 Å². The maximum absolute atomic E-state index is 3.44. The normalized spacial score (nSPS) is 18.1. The second kappa shape index (κ2) is 6.42. The Hall–Kier alpha value is 0.930. The van der Waals surface area contributed by atoms with E-state index in [-0.39, 0.29) is 56.1 Å². The zero-order valence-electron chi connectivity index (χ0n) is 8.82. The van der Waals surface area contributed by atoms with Crippen LogP contribution in [0, 0.1) is 11.5 Å². The Balaban J connectivity index is -0.000000333. The van der Waals surface area contributed by atoms with Gasteiger partial charge in [0.25, 0.3) is 0 Å². The molecule has 0 bridgehead atoms. The van der Waals surface area contributed by atoms with Crippen molar-refractivity contribution in [1.29, 1.82) is 0 Å². The molecule has 0 unspecified atom stereocenters. The van der Waals surface area contributed by atoms with Gasteiger partial charge in [0.15, 0.2) is 0 Å². The summed E-state index contributed by atoms with van der Waals surface area (Å²) >= 11 is 0. The minimum Gasteiger partial charge on any atom is -0.263 e. The largest absolute Gasteiger partial charge is 0.263 e. The van der Waals surface area contributed by atoms with Gasteiger partial charge in [0.05, 0.1) is 0 Å². The van der Waals surface area contributed by atoms with Gasteiger partial charge in [-0.1, -0.05) is 33.1 Å². The minimum absolute atomic E-state index is 0. The van der Waals surface area contributed by atoms with E-state index in [1.165, 1.54) is 16.7 Å². The maximum atomic E-state index is 3.44. The summed E-state index contributed by atoms with van der Waals surface area (Å²) < 4.78 is 0. The molecule has 1 aliphatic rings. The molecule has 0 fully saturated rings. The summed E-state index contributed by atoms with van der Waals surface area (Å²) in [6.45, 7) is 10.9. The van der Waals surface area contributed by atoms with E-state index in [4.69, 9.17) is 0 Å². The molecule has 76 valence electrons. The molecular weight excluding hydrogens is 370 g/mol. The summed E-state index contributed by atoms with van der Waals surface area (Å²) in [5.74, 6) is 0. The summed E-state index contributed by atoms with van der Waals surface area (Å²) in [6.07, 6.45) is 3.44. The summed E-state index contributed by atoms with van der Waals surface area (Å²) in [4.78, 5) is 0. The Bertz CT molecular complexity index is 227. The first kappa shape index (κ1) is 19.5. The van der Waals surface area contributed by atoms with Gasteiger partial charge in [-0.3, -0.25) is 6.08 Å². The third-order valence-electron chi connectivity index (χ3n) is 2.56. The Kier molecular flexibility index (Phi) is 9.63. The van der Waals surface area contributed by atoms with E-state index >= 15 is 0 Å². The van der Waals surface area contributed by atoms with Crippen LogP contribution < -0.4 is 0 Å². The molecule has 0 aromatic heterocycles. The van der Waals surface area contributed by atoms with Crippen molar-refractivity contribution in [3.63, 3.8) is 0 Å². The molecule has 0 spiro atoms. The van der Waals surface area contributed by atoms with Crippen LogP contribution in [0.25, 0.3) is 0 Å². The van der Waals surface area contributed by atoms with Gasteiger partial charge in [-0.2, -0.15) is 11.1 Å². The fraction of sp³-hybridized carbons (Fsp3) is 0.600. The van der Waals surface area contributed by atoms with Crippen molar-refractivity contribution in [3.05, 3.63) is 22.8 Å². The first-order chi connectivity index (χ1) is 4.45. The Labute approximate surface area is 113 Å². The molecule has 0 aromatic rings. The molecule has 0 aromatic carbocycles. The number of rotatable bonds is 0. The van der Waals surface area contributed by atoms with E-state index in [9.17, 15) is 0 Å². The van der Waals surface area contributed by atoms with Gasteiger partial charge >= 0.3 is 0 Å². The van der Waals surface area contributed by atoms with Crippen molar-refractivity contribution < 1.29 is 25.8 Å². The molecule has 0 radical (unpaired) electrons. The SMILES string of the molecule is CC1=[C-]C(C)(C)C(C)=C1C.Cl.Cl.[Hf]. The van der Waals surface area contributed by atoms with Gasteiger partial charge in [-0.05, 0) is 0 Å². The fourth-order valence-corrected chi connectivity index (χ4v) is 1.41. The molecule has 0 N–H and O–H groups in total. The van der Waals surface area contributed by atoms with Crippen LogP contribution in [0.4, 0.5) is 0 Å². The summed E-state index contributed by atoms with van der Waals surface area (Å²) in [5.41, 5.74) is 4.39. The van der Waals surface area contributed by atoms with Gasteiger partial charge in [-0.15, -0.1) is 31.7 Å². The molecular formula is C10H17Cl2Hf-. The maximum Gasteiger partial charge on any atom is 0 e. The van der Waals surface area contributed by atoms with Crippen LogP contribution in [0.2, 0.25) is 0 Å². The molecule has 0 aliphatic heterocycles. The van der Waals surface area contributed by atoms with Gasteiger partial charge < -0.3 is 0 Å². The van der Waals surface area contributed by atoms with Crippen LogP contribution in [0.3, 0.4) is 0 Å². The summed E-state index contributed by atoms with van der Waals surface area (Å²) in [5, 5.41) is 0. The molecule has 0 amide bonds. The van der Waals surface area contributed by atoms with Crippen LogP contribution in [0.1, 0.15) is 34.6 Å². The van der Waals surface area contributed by atoms with E-state index in [1.807, 2.05) is 0 Å². The molecule has 1 rings (SSSR count). The van der Waals surface area contributed by atoms with Crippen molar-refractivity contribution in [2.75, 3.05) is 0 Å². The van der Waals surface area contributed by atoms with Gasteiger partial charge in [-0.25, -0.2) is 5.57 Å².